The van der Waals surface area contributed by atoms with Crippen molar-refractivity contribution in [1.82, 2.24) is 15.1 Å². The number of hydrogen-bond donors (Lipinski definition) is 1. The van der Waals surface area contributed by atoms with E-state index in [0.29, 0.717) is 18.7 Å². The molecule has 0 aromatic heterocycles. The summed E-state index contributed by atoms with van der Waals surface area (Å²) in [6.45, 7) is 4.03. The summed E-state index contributed by atoms with van der Waals surface area (Å²) >= 11 is 0. The molecule has 122 valence electrons. The molecule has 0 unspecified atom stereocenters. The quantitative estimate of drug-likeness (QED) is 0.810. The second kappa shape index (κ2) is 5.64. The first kappa shape index (κ1) is 15.5. The normalized spacial score (nSPS) is 24.3. The number of nitrogens with one attached hydrogen (secondary N) is 1. The third-order valence-corrected chi connectivity index (χ3v) is 4.40. The van der Waals surface area contributed by atoms with Crippen LogP contribution < -0.4 is 5.32 Å². The van der Waals surface area contributed by atoms with Gasteiger partial charge in [-0.15, -0.1) is 0 Å². The zero-order valence-corrected chi connectivity index (χ0v) is 13.0. The molecule has 7 heteroatoms. The van der Waals surface area contributed by atoms with E-state index < -0.39 is 17.9 Å². The highest BCUT2D eigenvalue weighted by Gasteiger charge is 2.42. The number of carbonyl (C=O) groups is 3. The van der Waals surface area contributed by atoms with Gasteiger partial charge < -0.3 is 15.1 Å². The van der Waals surface area contributed by atoms with Gasteiger partial charge in [-0.3, -0.25) is 14.4 Å². The number of halogens is 1. The van der Waals surface area contributed by atoms with Gasteiger partial charge >= 0.3 is 0 Å². The second-order valence-corrected chi connectivity index (χ2v) is 5.99. The Balaban J connectivity index is 1.78. The van der Waals surface area contributed by atoms with Crippen molar-refractivity contribution in [2.75, 3.05) is 19.6 Å². The van der Waals surface area contributed by atoms with Crippen LogP contribution in [0, 0.1) is 12.7 Å². The highest BCUT2D eigenvalue weighted by Crippen LogP contribution is 2.19. The zero-order valence-electron chi connectivity index (χ0n) is 13.0. The lowest BCUT2D eigenvalue weighted by molar-refractivity contribution is -0.151. The number of rotatable bonds is 1. The van der Waals surface area contributed by atoms with Gasteiger partial charge in [-0.1, -0.05) is 6.07 Å². The predicted molar refractivity (Wildman–Crippen MR) is 80.1 cm³/mol. The van der Waals surface area contributed by atoms with Gasteiger partial charge in [0.2, 0.25) is 11.8 Å². The third kappa shape index (κ3) is 2.67. The molecule has 2 saturated heterocycles. The maximum absolute atomic E-state index is 13.6. The molecule has 1 aromatic rings. The summed E-state index contributed by atoms with van der Waals surface area (Å²) in [4.78, 5) is 39.7. The van der Waals surface area contributed by atoms with Gasteiger partial charge in [-0.2, -0.15) is 0 Å². The van der Waals surface area contributed by atoms with E-state index in [2.05, 4.69) is 5.32 Å². The van der Waals surface area contributed by atoms with Crippen molar-refractivity contribution >= 4 is 17.7 Å². The van der Waals surface area contributed by atoms with Crippen LogP contribution in [0.1, 0.15) is 22.8 Å². The van der Waals surface area contributed by atoms with Crippen molar-refractivity contribution in [2.24, 2.45) is 0 Å². The Kier molecular flexibility index (Phi) is 3.79. The lowest BCUT2D eigenvalue weighted by atomic mass is 10.0. The Morgan fingerprint density at radius 3 is 2.74 bits per heavy atom. The van der Waals surface area contributed by atoms with Crippen LogP contribution in [0.5, 0.6) is 0 Å². The number of benzene rings is 1. The molecule has 0 bridgehead atoms. The number of nitrogens with zero attached hydrogens (tertiary/aromatic N) is 2. The molecule has 2 aliphatic rings. The minimum Gasteiger partial charge on any atom is -0.343 e. The van der Waals surface area contributed by atoms with E-state index in [1.165, 1.54) is 15.9 Å². The van der Waals surface area contributed by atoms with Crippen molar-refractivity contribution in [1.29, 1.82) is 0 Å². The maximum atomic E-state index is 13.6. The lowest BCUT2D eigenvalue weighted by Crippen LogP contribution is -2.69. The molecule has 2 heterocycles. The van der Waals surface area contributed by atoms with E-state index in [0.717, 1.165) is 0 Å². The molecule has 23 heavy (non-hydrogen) atoms. The van der Waals surface area contributed by atoms with E-state index >= 15 is 0 Å². The Morgan fingerprint density at radius 2 is 2.04 bits per heavy atom. The average Bonchev–Trinajstić information content (AvgIpc) is 2.54. The SMILES string of the molecule is Cc1ccc(C(=O)N2CCN3C(=O)[C@H](C)NC(=O)[C@H]3C2)cc1F. The summed E-state index contributed by atoms with van der Waals surface area (Å²) < 4.78 is 13.6. The summed E-state index contributed by atoms with van der Waals surface area (Å²) in [5.41, 5.74) is 0.718. The van der Waals surface area contributed by atoms with Gasteiger partial charge in [-0.25, -0.2) is 4.39 Å². The molecule has 3 rings (SSSR count). The highest BCUT2D eigenvalue weighted by atomic mass is 19.1. The van der Waals surface area contributed by atoms with Crippen LogP contribution >= 0.6 is 0 Å². The molecule has 0 radical (unpaired) electrons. The smallest absolute Gasteiger partial charge is 0.254 e. The molecule has 0 aliphatic carbocycles. The Bertz CT molecular complexity index is 691. The molecule has 6 nitrogen and oxygen atoms in total. The number of aryl methyl sites for hydroxylation is 1. The molecular weight excluding hydrogens is 301 g/mol. The molecule has 2 fully saturated rings. The molecule has 2 atom stereocenters. The highest BCUT2D eigenvalue weighted by molar-refractivity contribution is 5.99. The van der Waals surface area contributed by atoms with Crippen molar-refractivity contribution in [2.45, 2.75) is 25.9 Å². The standard InChI is InChI=1S/C16H18FN3O3/c1-9-3-4-11(7-12(9)17)16(23)19-5-6-20-13(8-19)14(21)18-10(2)15(20)22/h3-4,7,10,13H,5-6,8H2,1-2H3,(H,18,21)/t10-,13+/m0/s1. The minimum absolute atomic E-state index is 0.124. The van der Waals surface area contributed by atoms with Crippen molar-refractivity contribution in [3.8, 4) is 0 Å². The molecular formula is C16H18FN3O3. The first-order chi connectivity index (χ1) is 10.9. The van der Waals surface area contributed by atoms with Crippen LogP contribution in [0.4, 0.5) is 4.39 Å². The third-order valence-electron chi connectivity index (χ3n) is 4.40. The van der Waals surface area contributed by atoms with Crippen LogP contribution in [0.15, 0.2) is 18.2 Å². The number of amides is 3. The predicted octanol–water partition coefficient (Wildman–Crippen LogP) is 0.305. The van der Waals surface area contributed by atoms with Gasteiger partial charge in [0.1, 0.15) is 17.9 Å². The van der Waals surface area contributed by atoms with Crippen molar-refractivity contribution in [3.05, 3.63) is 35.1 Å². The fraction of sp³-hybridized carbons (Fsp3) is 0.438. The second-order valence-electron chi connectivity index (χ2n) is 5.99. The topological polar surface area (TPSA) is 69.7 Å². The van der Waals surface area contributed by atoms with Crippen LogP contribution in [0.3, 0.4) is 0 Å². The lowest BCUT2D eigenvalue weighted by Gasteiger charge is -2.44. The van der Waals surface area contributed by atoms with Crippen LogP contribution in [0.25, 0.3) is 0 Å². The molecule has 3 amide bonds. The minimum atomic E-state index is -0.674. The summed E-state index contributed by atoms with van der Waals surface area (Å²) in [5.74, 6) is -1.16. The van der Waals surface area contributed by atoms with Crippen LogP contribution in [-0.2, 0) is 9.59 Å². The molecule has 0 spiro atoms. The maximum Gasteiger partial charge on any atom is 0.254 e. The summed E-state index contributed by atoms with van der Waals surface area (Å²) in [6, 6.07) is 3.12. The van der Waals surface area contributed by atoms with E-state index in [9.17, 15) is 18.8 Å². The van der Waals surface area contributed by atoms with E-state index in [1.54, 1.807) is 26.0 Å². The fourth-order valence-corrected chi connectivity index (χ4v) is 2.98. The van der Waals surface area contributed by atoms with Gasteiger partial charge in [0, 0.05) is 18.7 Å². The van der Waals surface area contributed by atoms with Gasteiger partial charge in [0.05, 0.1) is 6.54 Å². The Hall–Kier alpha value is -2.44. The summed E-state index contributed by atoms with van der Waals surface area (Å²) in [5, 5.41) is 2.62. The molecule has 1 aromatic carbocycles. The van der Waals surface area contributed by atoms with E-state index in [4.69, 9.17) is 0 Å². The molecule has 2 aliphatic heterocycles. The largest absolute Gasteiger partial charge is 0.343 e. The van der Waals surface area contributed by atoms with Crippen molar-refractivity contribution in [3.63, 3.8) is 0 Å². The van der Waals surface area contributed by atoms with Crippen LogP contribution in [-0.4, -0.2) is 59.2 Å². The van der Waals surface area contributed by atoms with E-state index in [-0.39, 0.29) is 29.8 Å². The fourth-order valence-electron chi connectivity index (χ4n) is 2.98. The summed E-state index contributed by atoms with van der Waals surface area (Å²) in [6.07, 6.45) is 0. The van der Waals surface area contributed by atoms with Gasteiger partial charge in [0.15, 0.2) is 0 Å². The first-order valence-corrected chi connectivity index (χ1v) is 7.55. The first-order valence-electron chi connectivity index (χ1n) is 7.55. The zero-order chi connectivity index (χ0) is 16.7. The van der Waals surface area contributed by atoms with Crippen LogP contribution in [0.2, 0.25) is 0 Å². The Morgan fingerprint density at radius 1 is 1.30 bits per heavy atom. The summed E-state index contributed by atoms with van der Waals surface area (Å²) in [7, 11) is 0. The monoisotopic (exact) mass is 319 g/mol. The number of hydrogen-bond acceptors (Lipinski definition) is 3. The number of piperazine rings is 2. The Labute approximate surface area is 133 Å². The van der Waals surface area contributed by atoms with Crippen molar-refractivity contribution < 1.29 is 18.8 Å². The molecule has 1 N–H and O–H groups in total. The van der Waals surface area contributed by atoms with Gasteiger partial charge in [0.25, 0.3) is 5.91 Å². The number of fused-ring (bicyclic) bond motifs is 1. The number of carbonyl (C=O) groups excluding carboxylic acids is 3. The van der Waals surface area contributed by atoms with Gasteiger partial charge in [-0.05, 0) is 31.5 Å². The van der Waals surface area contributed by atoms with E-state index in [1.807, 2.05) is 0 Å². The average molecular weight is 319 g/mol. The molecule has 0 saturated carbocycles.